The number of allylic oxidation sites excluding steroid dienone is 1. The monoisotopic (exact) mass is 871 g/mol. The number of hydrogen-bond acceptors (Lipinski definition) is 15. The fourth-order valence-electron chi connectivity index (χ4n) is 10.3. The zero-order chi connectivity index (χ0) is 45.3. The van der Waals surface area contributed by atoms with Gasteiger partial charge in [-0.1, -0.05) is 46.3 Å². The van der Waals surface area contributed by atoms with E-state index in [1.807, 2.05) is 33.8 Å². The Morgan fingerprint density at radius 2 is 1.44 bits per heavy atom. The molecule has 4 rings (SSSR count). The summed E-state index contributed by atoms with van der Waals surface area (Å²) in [5, 5.41) is 45.3. The first-order valence-corrected chi connectivity index (χ1v) is 22.9. The molecule has 0 radical (unpaired) electrons. The molecule has 19 atom stereocenters. The van der Waals surface area contributed by atoms with Gasteiger partial charge in [-0.15, -0.1) is 0 Å². The van der Waals surface area contributed by atoms with E-state index in [1.54, 1.807) is 32.8 Å². The van der Waals surface area contributed by atoms with Crippen molar-refractivity contribution in [2.45, 2.75) is 180 Å². The number of piperidine rings is 1. The lowest BCUT2D eigenvalue weighted by atomic mass is 9.78. The second-order valence-electron chi connectivity index (χ2n) is 19.3. The summed E-state index contributed by atoms with van der Waals surface area (Å²) in [5.74, 6) is -1.05. The van der Waals surface area contributed by atoms with E-state index in [0.717, 1.165) is 25.2 Å². The number of likely N-dealkylation sites (N-methyl/N-ethyl adjacent to an activating group) is 1. The van der Waals surface area contributed by atoms with Gasteiger partial charge in [0.05, 0.1) is 49.6 Å². The standard InChI is InChI=1S/C46H82N2O13/c1-13-36-33(24-57-46-44(56-12)43(55-11)40(53)31(8)59-46)19-25(2)14-15-34(49)28(5)20-32(16-17-48-22-26(3)18-27(4)23-48)42(29(6)35(50)21-37(51)60-36)61-45-41(54)38(47(9)10)39(52)30(7)58-45/h19,26-33,35-36,38-46,50,52-54H,13-18,20-24H2,1-12H3/b25-19+/t26-,27+,28-,29+,30-,31-,32+,33-,35-,36-,38+,39-,40-,41+,42-,43-,44-,45+,46-/m1/s1. The number of likely N-dealkylation sites (tertiary alicyclic amines) is 1. The van der Waals surface area contributed by atoms with Gasteiger partial charge in [0, 0.05) is 51.5 Å². The van der Waals surface area contributed by atoms with Crippen molar-refractivity contribution in [3.05, 3.63) is 11.6 Å². The van der Waals surface area contributed by atoms with E-state index in [2.05, 4.69) is 18.7 Å². The molecule has 0 bridgehead atoms. The van der Waals surface area contributed by atoms with Crippen molar-refractivity contribution in [2.75, 3.05) is 54.6 Å². The quantitative estimate of drug-likeness (QED) is 0.165. The van der Waals surface area contributed by atoms with Crippen molar-refractivity contribution < 1.29 is 63.2 Å². The van der Waals surface area contributed by atoms with E-state index < -0.39 is 97.5 Å². The van der Waals surface area contributed by atoms with Crippen LogP contribution in [-0.2, 0) is 42.7 Å². The smallest absolute Gasteiger partial charge is 0.308 e. The third-order valence-electron chi connectivity index (χ3n) is 13.8. The molecule has 15 heteroatoms. The van der Waals surface area contributed by atoms with E-state index in [-0.39, 0.29) is 30.6 Å². The summed E-state index contributed by atoms with van der Waals surface area (Å²) in [5.41, 5.74) is 0.942. The molecule has 0 aromatic heterocycles. The Morgan fingerprint density at radius 1 is 0.820 bits per heavy atom. The molecule has 4 heterocycles. The molecule has 3 fully saturated rings. The highest BCUT2D eigenvalue weighted by Crippen LogP contribution is 2.36. The molecule has 0 aliphatic carbocycles. The maximum Gasteiger partial charge on any atom is 0.308 e. The van der Waals surface area contributed by atoms with Gasteiger partial charge in [0.1, 0.15) is 36.3 Å². The Balaban J connectivity index is 1.66. The molecule has 0 saturated carbocycles. The minimum Gasteiger partial charge on any atom is -0.462 e. The second-order valence-corrected chi connectivity index (χ2v) is 19.3. The Hall–Kier alpha value is -1.60. The molecule has 15 nitrogen and oxygen atoms in total. The SMILES string of the molecule is CC[C@H]1OC(=O)C[C@@H](O)[C@H](C)[C@@H](O[C@@H]2O[C@H](C)[C@@H](O)[C@H](N(C)C)[C@@H]2O)[C@@H](CCN2C[C@H](C)C[C@H](C)C2)C[C@@H](C)C(=O)CC/C(C)=C/[C@@H]1CO[C@@H]1O[C@H](C)[C@@H](O)[C@@H](OC)[C@H]1OC. The maximum absolute atomic E-state index is 14.1. The van der Waals surface area contributed by atoms with Crippen molar-refractivity contribution in [1.82, 2.24) is 9.80 Å². The minimum atomic E-state index is -1.22. The molecule has 4 aliphatic heterocycles. The molecule has 4 aliphatic rings. The highest BCUT2D eigenvalue weighted by molar-refractivity contribution is 5.80. The van der Waals surface area contributed by atoms with E-state index in [4.69, 9.17) is 33.2 Å². The molecule has 354 valence electrons. The number of carbonyl (C=O) groups is 2. The Kier molecular flexibility index (Phi) is 20.5. The van der Waals surface area contributed by atoms with Gasteiger partial charge in [-0.25, -0.2) is 0 Å². The Labute approximate surface area is 365 Å². The number of cyclic esters (lactones) is 1. The van der Waals surface area contributed by atoms with Crippen LogP contribution >= 0.6 is 0 Å². The van der Waals surface area contributed by atoms with Crippen LogP contribution in [0.5, 0.6) is 0 Å². The van der Waals surface area contributed by atoms with Gasteiger partial charge in [-0.2, -0.15) is 0 Å². The summed E-state index contributed by atoms with van der Waals surface area (Å²) in [6.07, 6.45) is -5.13. The van der Waals surface area contributed by atoms with Gasteiger partial charge in [0.15, 0.2) is 12.6 Å². The average Bonchev–Trinajstić information content (AvgIpc) is 3.19. The highest BCUT2D eigenvalue weighted by atomic mass is 16.7. The molecule has 0 amide bonds. The van der Waals surface area contributed by atoms with Crippen LogP contribution in [0.3, 0.4) is 0 Å². The fraction of sp³-hybridized carbons (Fsp3) is 0.913. The largest absolute Gasteiger partial charge is 0.462 e. The van der Waals surface area contributed by atoms with Crippen molar-refractivity contribution >= 4 is 11.8 Å². The van der Waals surface area contributed by atoms with Crippen molar-refractivity contribution in [1.29, 1.82) is 0 Å². The number of aliphatic hydroxyl groups excluding tert-OH is 4. The zero-order valence-electron chi connectivity index (χ0n) is 39.2. The van der Waals surface area contributed by atoms with Crippen LogP contribution in [0.25, 0.3) is 0 Å². The number of methoxy groups -OCH3 is 2. The van der Waals surface area contributed by atoms with Crippen LogP contribution in [0.15, 0.2) is 11.6 Å². The van der Waals surface area contributed by atoms with Crippen LogP contribution in [0.1, 0.15) is 100 Å². The summed E-state index contributed by atoms with van der Waals surface area (Å²) in [4.78, 5) is 32.2. The predicted molar refractivity (Wildman–Crippen MR) is 229 cm³/mol. The zero-order valence-corrected chi connectivity index (χ0v) is 39.2. The third-order valence-corrected chi connectivity index (χ3v) is 13.8. The minimum absolute atomic E-state index is 0.0765. The molecular weight excluding hydrogens is 789 g/mol. The molecule has 61 heavy (non-hydrogen) atoms. The first-order valence-electron chi connectivity index (χ1n) is 22.9. The summed E-state index contributed by atoms with van der Waals surface area (Å²) in [7, 11) is 6.57. The molecule has 4 N–H and O–H groups in total. The van der Waals surface area contributed by atoms with Crippen molar-refractivity contribution in [3.63, 3.8) is 0 Å². The third kappa shape index (κ3) is 13.9. The van der Waals surface area contributed by atoms with Crippen LogP contribution in [0.4, 0.5) is 0 Å². The van der Waals surface area contributed by atoms with Gasteiger partial charge < -0.3 is 63.4 Å². The van der Waals surface area contributed by atoms with Crippen LogP contribution < -0.4 is 0 Å². The van der Waals surface area contributed by atoms with Gasteiger partial charge in [-0.3, -0.25) is 9.59 Å². The lowest BCUT2D eigenvalue weighted by Gasteiger charge is -2.47. The summed E-state index contributed by atoms with van der Waals surface area (Å²) in [6.45, 7) is 18.5. The van der Waals surface area contributed by atoms with E-state index in [0.29, 0.717) is 43.9 Å². The van der Waals surface area contributed by atoms with Gasteiger partial charge in [-0.05, 0) is 91.3 Å². The molecule has 0 aromatic rings. The number of hydrogen-bond donors (Lipinski definition) is 4. The van der Waals surface area contributed by atoms with E-state index in [9.17, 15) is 30.0 Å². The maximum atomic E-state index is 14.1. The number of aliphatic hydroxyl groups is 4. The van der Waals surface area contributed by atoms with Gasteiger partial charge in [0.25, 0.3) is 0 Å². The normalized spacial score (nSPS) is 44.1. The molecule has 0 spiro atoms. The Morgan fingerprint density at radius 3 is 2.05 bits per heavy atom. The van der Waals surface area contributed by atoms with Crippen molar-refractivity contribution in [3.8, 4) is 0 Å². The second kappa shape index (κ2) is 24.1. The lowest BCUT2D eigenvalue weighted by molar-refractivity contribution is -0.304. The van der Waals surface area contributed by atoms with Gasteiger partial charge in [0.2, 0.25) is 0 Å². The fourth-order valence-corrected chi connectivity index (χ4v) is 10.3. The van der Waals surface area contributed by atoms with Crippen LogP contribution in [0.2, 0.25) is 0 Å². The summed E-state index contributed by atoms with van der Waals surface area (Å²) >= 11 is 0. The topological polar surface area (TPSA) is 186 Å². The number of esters is 1. The lowest BCUT2D eigenvalue weighted by Crippen LogP contribution is -2.63. The highest BCUT2D eigenvalue weighted by Gasteiger charge is 2.48. The number of ketones is 1. The first kappa shape index (κ1) is 52.0. The van der Waals surface area contributed by atoms with Crippen molar-refractivity contribution in [2.24, 2.45) is 35.5 Å². The molecule has 3 saturated heterocycles. The number of ether oxygens (including phenoxy) is 7. The number of rotatable bonds is 12. The number of carbonyl (C=O) groups excluding carboxylic acids is 2. The number of nitrogens with zero attached hydrogens (tertiary/aromatic N) is 2. The molecule has 0 aromatic carbocycles. The predicted octanol–water partition coefficient (Wildman–Crippen LogP) is 3.57. The molecule has 0 unspecified atom stereocenters. The average molecular weight is 871 g/mol. The van der Waals surface area contributed by atoms with Crippen LogP contribution in [0, 0.1) is 35.5 Å². The van der Waals surface area contributed by atoms with Gasteiger partial charge >= 0.3 is 5.97 Å². The summed E-state index contributed by atoms with van der Waals surface area (Å²) in [6, 6.07) is -0.675. The van der Waals surface area contributed by atoms with E-state index in [1.165, 1.54) is 20.6 Å². The van der Waals surface area contributed by atoms with E-state index >= 15 is 0 Å². The summed E-state index contributed by atoms with van der Waals surface area (Å²) < 4.78 is 42.7. The van der Waals surface area contributed by atoms with Crippen LogP contribution in [-0.4, -0.2) is 176 Å². The number of Topliss-reactive ketones (excluding diaryl/α,β-unsaturated/α-hetero) is 1. The molecular formula is C46H82N2O13. The first-order chi connectivity index (χ1) is 28.8. The Bertz CT molecular complexity index is 1380.